The number of nitrogens with one attached hydrogen (secondary N) is 2. The summed E-state index contributed by atoms with van der Waals surface area (Å²) in [4.78, 5) is 57.3. The topological polar surface area (TPSA) is 118 Å². The highest BCUT2D eigenvalue weighted by atomic mass is 79.9. The van der Waals surface area contributed by atoms with Crippen LogP contribution in [0.2, 0.25) is 5.02 Å². The molecule has 3 heterocycles. The molecular formula is C29H21BrClN3O6S2. The number of halogens is 2. The molecule has 42 heavy (non-hydrogen) atoms. The molecule has 2 aliphatic rings. The van der Waals surface area contributed by atoms with Gasteiger partial charge in [-0.25, -0.2) is 4.90 Å². The number of rotatable bonds is 7. The van der Waals surface area contributed by atoms with E-state index in [4.69, 9.17) is 21.1 Å². The van der Waals surface area contributed by atoms with Gasteiger partial charge in [0.05, 0.1) is 23.7 Å². The monoisotopic (exact) mass is 685 g/mol. The number of fused-ring (bicyclic) bond motifs is 2. The minimum atomic E-state index is -0.817. The summed E-state index contributed by atoms with van der Waals surface area (Å²) in [6.07, 6.45) is 0. The van der Waals surface area contributed by atoms with Gasteiger partial charge in [0, 0.05) is 31.5 Å². The van der Waals surface area contributed by atoms with E-state index in [1.807, 2.05) is 0 Å². The minimum absolute atomic E-state index is 0.288. The number of methoxy groups -OCH3 is 1. The van der Waals surface area contributed by atoms with E-state index in [0.717, 1.165) is 11.3 Å². The van der Waals surface area contributed by atoms with Gasteiger partial charge in [-0.1, -0.05) is 50.6 Å². The average Bonchev–Trinajstić information content (AvgIpc) is 3.47. The van der Waals surface area contributed by atoms with E-state index in [2.05, 4.69) is 26.2 Å². The third kappa shape index (κ3) is 5.35. The molecule has 1 fully saturated rings. The van der Waals surface area contributed by atoms with Crippen molar-refractivity contribution < 1.29 is 23.9 Å². The van der Waals surface area contributed by atoms with Gasteiger partial charge in [-0.2, -0.15) is 0 Å². The first-order chi connectivity index (χ1) is 20.2. The van der Waals surface area contributed by atoms with Crippen molar-refractivity contribution in [1.82, 2.24) is 4.98 Å². The lowest BCUT2D eigenvalue weighted by Crippen LogP contribution is -2.32. The maximum absolute atomic E-state index is 14.0. The van der Waals surface area contributed by atoms with E-state index in [9.17, 15) is 19.2 Å². The Morgan fingerprint density at radius 2 is 1.79 bits per heavy atom. The summed E-state index contributed by atoms with van der Waals surface area (Å²) in [5, 5.41) is 3.07. The number of amides is 3. The number of anilines is 2. The number of hydrogen-bond donors (Lipinski definition) is 2. The number of hydrogen-bond acceptors (Lipinski definition) is 8. The molecule has 0 spiro atoms. The third-order valence-corrected chi connectivity index (χ3v) is 10.1. The lowest BCUT2D eigenvalue weighted by molar-refractivity contribution is -0.122. The highest BCUT2D eigenvalue weighted by molar-refractivity contribution is 9.10. The number of benzene rings is 3. The van der Waals surface area contributed by atoms with Crippen LogP contribution in [-0.2, 0) is 14.4 Å². The summed E-state index contributed by atoms with van der Waals surface area (Å²) in [6.45, 7) is -0.312. The molecule has 1 saturated heterocycles. The maximum Gasteiger partial charge on any atom is 0.305 e. The molecule has 13 heteroatoms. The number of carbonyl (C=O) groups is 3. The molecule has 0 saturated carbocycles. The van der Waals surface area contributed by atoms with E-state index >= 15 is 0 Å². The van der Waals surface area contributed by atoms with Crippen LogP contribution < -0.4 is 24.6 Å². The van der Waals surface area contributed by atoms with E-state index in [-0.39, 0.29) is 23.3 Å². The Bertz CT molecular complexity index is 1760. The highest BCUT2D eigenvalue weighted by Gasteiger charge is 2.56. The van der Waals surface area contributed by atoms with Crippen LogP contribution in [0.3, 0.4) is 0 Å². The Kier molecular flexibility index (Phi) is 7.88. The van der Waals surface area contributed by atoms with Gasteiger partial charge >= 0.3 is 4.87 Å². The Morgan fingerprint density at radius 3 is 2.50 bits per heavy atom. The van der Waals surface area contributed by atoms with Gasteiger partial charge in [0.15, 0.2) is 6.61 Å². The van der Waals surface area contributed by atoms with Gasteiger partial charge in [0.1, 0.15) is 16.7 Å². The van der Waals surface area contributed by atoms with Gasteiger partial charge in [0.25, 0.3) is 5.91 Å². The Hall–Kier alpha value is -3.58. The fourth-order valence-electron chi connectivity index (χ4n) is 5.11. The van der Waals surface area contributed by atoms with E-state index in [1.165, 1.54) is 23.8 Å². The predicted molar refractivity (Wildman–Crippen MR) is 165 cm³/mol. The first-order valence-corrected chi connectivity index (χ1v) is 15.5. The first kappa shape index (κ1) is 28.5. The van der Waals surface area contributed by atoms with Crippen molar-refractivity contribution in [1.29, 1.82) is 0 Å². The molecule has 3 aromatic carbocycles. The first-order valence-electron chi connectivity index (χ1n) is 12.6. The van der Waals surface area contributed by atoms with Gasteiger partial charge < -0.3 is 19.8 Å². The Morgan fingerprint density at radius 1 is 1.05 bits per heavy atom. The zero-order valence-electron chi connectivity index (χ0n) is 21.8. The van der Waals surface area contributed by atoms with Crippen molar-refractivity contribution in [3.05, 3.63) is 96.3 Å². The van der Waals surface area contributed by atoms with E-state index in [0.29, 0.717) is 47.8 Å². The van der Waals surface area contributed by atoms with Crippen LogP contribution in [-0.4, -0.2) is 41.7 Å². The molecule has 3 atom stereocenters. The molecule has 4 aromatic rings. The van der Waals surface area contributed by atoms with Gasteiger partial charge in [-0.05, 0) is 66.7 Å². The van der Waals surface area contributed by atoms with E-state index in [1.54, 1.807) is 66.7 Å². The molecule has 9 nitrogen and oxygen atoms in total. The van der Waals surface area contributed by atoms with Crippen molar-refractivity contribution in [3.8, 4) is 11.5 Å². The number of H-pyrrole nitrogens is 1. The molecule has 2 aliphatic heterocycles. The normalized spacial score (nSPS) is 19.3. The number of imide groups is 1. The molecule has 0 radical (unpaired) electrons. The van der Waals surface area contributed by atoms with Crippen LogP contribution in [0.15, 0.2) is 81.0 Å². The summed E-state index contributed by atoms with van der Waals surface area (Å²) < 4.78 is 11.9. The van der Waals surface area contributed by atoms with Crippen LogP contribution in [0.1, 0.15) is 16.4 Å². The van der Waals surface area contributed by atoms with Gasteiger partial charge in [-0.15, -0.1) is 0 Å². The summed E-state index contributed by atoms with van der Waals surface area (Å²) in [7, 11) is 1.54. The minimum Gasteiger partial charge on any atom is -0.497 e. The molecule has 3 amide bonds. The molecule has 1 aromatic heterocycles. The number of thioether (sulfide) groups is 1. The third-order valence-electron chi connectivity index (χ3n) is 6.95. The van der Waals surface area contributed by atoms with Crippen LogP contribution in [0.25, 0.3) is 0 Å². The molecule has 214 valence electrons. The van der Waals surface area contributed by atoms with Crippen molar-refractivity contribution in [3.63, 3.8) is 0 Å². The van der Waals surface area contributed by atoms with Crippen molar-refractivity contribution >= 4 is 79.7 Å². The number of aromatic nitrogens is 1. The maximum atomic E-state index is 14.0. The zero-order chi connectivity index (χ0) is 29.5. The number of carbonyl (C=O) groups excluding carboxylic acids is 3. The number of ether oxygens (including phenoxy) is 2. The van der Waals surface area contributed by atoms with Gasteiger partial charge in [0.2, 0.25) is 11.8 Å². The van der Waals surface area contributed by atoms with Crippen LogP contribution in [0, 0.1) is 5.92 Å². The molecule has 0 unspecified atom stereocenters. The highest BCUT2D eigenvalue weighted by Crippen LogP contribution is 2.54. The zero-order valence-corrected chi connectivity index (χ0v) is 25.7. The lowest BCUT2D eigenvalue weighted by Gasteiger charge is -2.31. The van der Waals surface area contributed by atoms with Crippen molar-refractivity contribution in [2.45, 2.75) is 16.2 Å². The second-order valence-electron chi connectivity index (χ2n) is 9.49. The number of nitrogens with zero attached hydrogens (tertiary/aromatic N) is 1. The Balaban J connectivity index is 1.35. The predicted octanol–water partition coefficient (Wildman–Crippen LogP) is 5.67. The lowest BCUT2D eigenvalue weighted by atomic mass is 9.82. The van der Waals surface area contributed by atoms with Crippen molar-refractivity contribution in [2.75, 3.05) is 23.9 Å². The molecule has 0 bridgehead atoms. The molecular weight excluding hydrogens is 666 g/mol. The van der Waals surface area contributed by atoms with Crippen LogP contribution in [0.4, 0.5) is 11.4 Å². The quantitative estimate of drug-likeness (QED) is 0.241. The summed E-state index contributed by atoms with van der Waals surface area (Å²) >= 11 is 11.6. The summed E-state index contributed by atoms with van der Waals surface area (Å²) in [5.74, 6) is -1.69. The largest absolute Gasteiger partial charge is 0.497 e. The molecule has 2 N–H and O–H groups in total. The smallest absolute Gasteiger partial charge is 0.305 e. The van der Waals surface area contributed by atoms with Crippen LogP contribution in [0.5, 0.6) is 11.5 Å². The SMILES string of the molecule is COc1ccc(N2C(=O)[C@H]3[C@H](c4cc(Br)ccc4OCC(=O)Nc4ccc(Cl)cc4)c4sc(=O)[nH]c4S[C@H]3C2=O)cc1. The average molecular weight is 687 g/mol. The van der Waals surface area contributed by atoms with Crippen LogP contribution >= 0.6 is 50.6 Å². The number of thiazole rings is 1. The fraction of sp³-hybridized carbons (Fsp3) is 0.172. The molecule has 0 aliphatic carbocycles. The second-order valence-corrected chi connectivity index (χ2v) is 13.0. The van der Waals surface area contributed by atoms with Gasteiger partial charge in [-0.3, -0.25) is 19.2 Å². The summed E-state index contributed by atoms with van der Waals surface area (Å²) in [6, 6.07) is 18.6. The summed E-state index contributed by atoms with van der Waals surface area (Å²) in [5.41, 5.74) is 1.57. The fourth-order valence-corrected chi connectivity index (χ4v) is 8.12. The Labute approximate surface area is 261 Å². The molecule has 6 rings (SSSR count). The standard InChI is InChI=1S/C29H21BrClN3O6S2/c1-39-18-9-7-17(8-10-18)34-27(36)23-22(24-26(33-29(38)42-24)41-25(23)28(34)37)19-12-14(30)2-11-20(19)40-13-21(35)32-16-5-3-15(31)4-6-16/h2-12,22-23,25H,13H2,1H3,(H,32,35)(H,33,38)/t22-,23-,25+/m0/s1. The van der Waals surface area contributed by atoms with Crippen molar-refractivity contribution in [2.24, 2.45) is 5.92 Å². The van der Waals surface area contributed by atoms with E-state index < -0.39 is 23.0 Å². The number of aromatic amines is 1. The second kappa shape index (κ2) is 11.6.